The summed E-state index contributed by atoms with van der Waals surface area (Å²) in [6.45, 7) is 10.4. The molecule has 0 heterocycles. The van der Waals surface area contributed by atoms with Gasteiger partial charge in [-0.05, 0) is 49.9 Å². The third-order valence-electron chi connectivity index (χ3n) is 5.44. The maximum absolute atomic E-state index is 10.6. The second-order valence-corrected chi connectivity index (χ2v) is 6.58. The van der Waals surface area contributed by atoms with E-state index in [0.29, 0.717) is 5.92 Å². The van der Waals surface area contributed by atoms with Crippen LogP contribution in [-0.4, -0.2) is 22.4 Å². The van der Waals surface area contributed by atoms with Crippen LogP contribution >= 0.6 is 0 Å². The number of fused-ring (bicyclic) bond motifs is 1. The minimum absolute atomic E-state index is 0.0942. The van der Waals surface area contributed by atoms with Crippen LogP contribution in [0, 0.1) is 23.2 Å². The second kappa shape index (κ2) is 4.40. The van der Waals surface area contributed by atoms with E-state index in [9.17, 15) is 10.2 Å². The van der Waals surface area contributed by atoms with Crippen LogP contribution in [0.2, 0.25) is 0 Å². The van der Waals surface area contributed by atoms with Gasteiger partial charge >= 0.3 is 0 Å². The van der Waals surface area contributed by atoms with E-state index in [1.54, 1.807) is 0 Å². The van der Waals surface area contributed by atoms with Gasteiger partial charge in [-0.25, -0.2) is 0 Å². The Labute approximate surface area is 105 Å². The topological polar surface area (TPSA) is 40.5 Å². The van der Waals surface area contributed by atoms with E-state index >= 15 is 0 Å². The third kappa shape index (κ3) is 1.96. The van der Waals surface area contributed by atoms with E-state index in [1.807, 2.05) is 6.92 Å². The zero-order valence-electron chi connectivity index (χ0n) is 11.3. The van der Waals surface area contributed by atoms with Gasteiger partial charge in [-0.2, -0.15) is 0 Å². The van der Waals surface area contributed by atoms with Crippen molar-refractivity contribution in [2.45, 2.75) is 58.7 Å². The zero-order valence-corrected chi connectivity index (χ0v) is 11.3. The highest BCUT2D eigenvalue weighted by molar-refractivity contribution is 5.10. The van der Waals surface area contributed by atoms with E-state index in [0.717, 1.165) is 31.3 Å². The summed E-state index contributed by atoms with van der Waals surface area (Å²) in [6.07, 6.45) is 3.33. The van der Waals surface area contributed by atoms with Gasteiger partial charge in [-0.1, -0.05) is 26.0 Å². The number of aliphatic hydroxyl groups excluding tert-OH is 2. The summed E-state index contributed by atoms with van der Waals surface area (Å²) in [6, 6.07) is 0. The first-order valence-corrected chi connectivity index (χ1v) is 6.89. The summed E-state index contributed by atoms with van der Waals surface area (Å²) < 4.78 is 0. The van der Waals surface area contributed by atoms with Crippen molar-refractivity contribution in [3.63, 3.8) is 0 Å². The Morgan fingerprint density at radius 2 is 1.88 bits per heavy atom. The molecule has 0 aromatic rings. The zero-order chi connectivity index (χ0) is 12.8. The first-order chi connectivity index (χ1) is 7.88. The van der Waals surface area contributed by atoms with E-state index in [4.69, 9.17) is 0 Å². The fraction of sp³-hybridized carbons (Fsp3) is 0.867. The predicted octanol–water partition coefficient (Wildman–Crippen LogP) is 2.75. The largest absolute Gasteiger partial charge is 0.393 e. The summed E-state index contributed by atoms with van der Waals surface area (Å²) >= 11 is 0. The Morgan fingerprint density at radius 1 is 1.24 bits per heavy atom. The summed E-state index contributed by atoms with van der Waals surface area (Å²) in [5, 5.41) is 20.9. The molecule has 6 atom stereocenters. The number of aliphatic hydroxyl groups is 2. The Balaban J connectivity index is 2.29. The SMILES string of the molecule is C=C(C)[C@H]1CC[C@]2(C)[C@@H]([C@@H]1O)[C@H](C)CC[C@H]2O. The van der Waals surface area contributed by atoms with E-state index in [-0.39, 0.29) is 29.5 Å². The highest BCUT2D eigenvalue weighted by Crippen LogP contribution is 2.54. The lowest BCUT2D eigenvalue weighted by molar-refractivity contribution is -0.150. The average molecular weight is 238 g/mol. The van der Waals surface area contributed by atoms with Crippen molar-refractivity contribution in [3.05, 3.63) is 12.2 Å². The monoisotopic (exact) mass is 238 g/mol. The van der Waals surface area contributed by atoms with E-state index in [2.05, 4.69) is 20.4 Å². The molecule has 2 nitrogen and oxygen atoms in total. The molecule has 0 saturated heterocycles. The predicted molar refractivity (Wildman–Crippen MR) is 69.5 cm³/mol. The van der Waals surface area contributed by atoms with Crippen LogP contribution in [0.1, 0.15) is 46.5 Å². The van der Waals surface area contributed by atoms with Gasteiger partial charge in [0.05, 0.1) is 12.2 Å². The number of hydrogen-bond donors (Lipinski definition) is 2. The second-order valence-electron chi connectivity index (χ2n) is 6.58. The van der Waals surface area contributed by atoms with Crippen LogP contribution in [0.25, 0.3) is 0 Å². The number of hydrogen-bond acceptors (Lipinski definition) is 2. The van der Waals surface area contributed by atoms with Gasteiger partial charge in [0.1, 0.15) is 0 Å². The average Bonchev–Trinajstić information content (AvgIpc) is 2.23. The van der Waals surface area contributed by atoms with Crippen LogP contribution in [0.5, 0.6) is 0 Å². The molecule has 0 aromatic carbocycles. The Morgan fingerprint density at radius 3 is 2.47 bits per heavy atom. The van der Waals surface area contributed by atoms with Crippen molar-refractivity contribution < 1.29 is 10.2 Å². The standard InChI is InChI=1S/C15H26O2/c1-9(2)11-7-8-15(4)12(16)6-5-10(3)13(15)14(11)17/h10-14,16-17H,1,5-8H2,2-4H3/t10-,11-,12-,13-,14-,15+/m1/s1. The fourth-order valence-electron chi connectivity index (χ4n) is 4.29. The highest BCUT2D eigenvalue weighted by Gasteiger charge is 2.53. The Hall–Kier alpha value is -0.340. The first-order valence-electron chi connectivity index (χ1n) is 6.89. The lowest BCUT2D eigenvalue weighted by Crippen LogP contribution is -2.56. The van der Waals surface area contributed by atoms with Crippen molar-refractivity contribution in [2.24, 2.45) is 23.2 Å². The third-order valence-corrected chi connectivity index (χ3v) is 5.44. The van der Waals surface area contributed by atoms with Crippen LogP contribution in [-0.2, 0) is 0 Å². The molecule has 0 radical (unpaired) electrons. The molecule has 2 aliphatic carbocycles. The Bertz CT molecular complexity index is 312. The highest BCUT2D eigenvalue weighted by atomic mass is 16.3. The van der Waals surface area contributed by atoms with E-state index in [1.165, 1.54) is 0 Å². The maximum Gasteiger partial charge on any atom is 0.0642 e. The quantitative estimate of drug-likeness (QED) is 0.690. The Kier molecular flexibility index (Phi) is 3.39. The van der Waals surface area contributed by atoms with Crippen molar-refractivity contribution in [1.29, 1.82) is 0 Å². The van der Waals surface area contributed by atoms with Crippen molar-refractivity contribution in [3.8, 4) is 0 Å². The van der Waals surface area contributed by atoms with Gasteiger partial charge in [0, 0.05) is 5.92 Å². The smallest absolute Gasteiger partial charge is 0.0642 e. The molecule has 2 aliphatic rings. The van der Waals surface area contributed by atoms with Gasteiger partial charge in [0.15, 0.2) is 0 Å². The molecular formula is C15H26O2. The molecule has 2 heteroatoms. The van der Waals surface area contributed by atoms with Crippen molar-refractivity contribution in [1.82, 2.24) is 0 Å². The lowest BCUT2D eigenvalue weighted by atomic mass is 9.52. The molecule has 2 N–H and O–H groups in total. The molecule has 0 unspecified atom stereocenters. The molecule has 0 bridgehead atoms. The molecule has 2 saturated carbocycles. The number of rotatable bonds is 1. The van der Waals surface area contributed by atoms with Crippen LogP contribution in [0.4, 0.5) is 0 Å². The fourth-order valence-corrected chi connectivity index (χ4v) is 4.29. The van der Waals surface area contributed by atoms with Gasteiger partial charge in [-0.3, -0.25) is 0 Å². The van der Waals surface area contributed by atoms with Gasteiger partial charge in [0.25, 0.3) is 0 Å². The normalized spacial score (nSPS) is 50.8. The molecule has 0 aliphatic heterocycles. The molecule has 2 rings (SSSR count). The van der Waals surface area contributed by atoms with Gasteiger partial charge in [-0.15, -0.1) is 0 Å². The molecule has 0 aromatic heterocycles. The van der Waals surface area contributed by atoms with Crippen LogP contribution in [0.15, 0.2) is 12.2 Å². The molecule has 0 amide bonds. The molecule has 98 valence electrons. The molecule has 0 spiro atoms. The lowest BCUT2D eigenvalue weighted by Gasteiger charge is -2.55. The summed E-state index contributed by atoms with van der Waals surface area (Å²) in [4.78, 5) is 0. The summed E-state index contributed by atoms with van der Waals surface area (Å²) in [5.74, 6) is 0.947. The minimum Gasteiger partial charge on any atom is -0.393 e. The summed E-state index contributed by atoms with van der Waals surface area (Å²) in [5.41, 5.74) is 0.995. The molecule has 2 fully saturated rings. The van der Waals surface area contributed by atoms with Crippen LogP contribution in [0.3, 0.4) is 0 Å². The molecule has 17 heavy (non-hydrogen) atoms. The van der Waals surface area contributed by atoms with E-state index < -0.39 is 0 Å². The maximum atomic E-state index is 10.6. The summed E-state index contributed by atoms with van der Waals surface area (Å²) in [7, 11) is 0. The van der Waals surface area contributed by atoms with Crippen molar-refractivity contribution >= 4 is 0 Å². The van der Waals surface area contributed by atoms with Gasteiger partial charge < -0.3 is 10.2 Å². The van der Waals surface area contributed by atoms with Crippen LogP contribution < -0.4 is 0 Å². The first kappa shape index (κ1) is 13.1. The van der Waals surface area contributed by atoms with Crippen molar-refractivity contribution in [2.75, 3.05) is 0 Å². The van der Waals surface area contributed by atoms with Gasteiger partial charge in [0.2, 0.25) is 0 Å². The minimum atomic E-state index is -0.323. The molecular weight excluding hydrogens is 212 g/mol.